The molecule has 1 aliphatic rings. The first-order valence-corrected chi connectivity index (χ1v) is 5.67. The zero-order valence-electron chi connectivity index (χ0n) is 9.37. The summed E-state index contributed by atoms with van der Waals surface area (Å²) in [4.78, 5) is 11.4. The fourth-order valence-electron chi connectivity index (χ4n) is 1.81. The van der Waals surface area contributed by atoms with E-state index in [4.69, 9.17) is 9.84 Å². The van der Waals surface area contributed by atoms with Crippen LogP contribution < -0.4 is 0 Å². The summed E-state index contributed by atoms with van der Waals surface area (Å²) in [5.74, 6) is 0.138. The molecule has 1 rings (SSSR count). The van der Waals surface area contributed by atoms with Crippen LogP contribution in [0.25, 0.3) is 0 Å². The van der Waals surface area contributed by atoms with Crippen LogP contribution in [0.1, 0.15) is 39.0 Å². The van der Waals surface area contributed by atoms with Gasteiger partial charge in [0.2, 0.25) is 0 Å². The highest BCUT2D eigenvalue weighted by atomic mass is 16.5. The van der Waals surface area contributed by atoms with Gasteiger partial charge in [0.25, 0.3) is 0 Å². The molecule has 0 amide bonds. The Morgan fingerprint density at radius 1 is 1.40 bits per heavy atom. The van der Waals surface area contributed by atoms with Gasteiger partial charge in [-0.1, -0.05) is 13.5 Å². The van der Waals surface area contributed by atoms with Gasteiger partial charge in [-0.3, -0.25) is 0 Å². The molecule has 0 bridgehead atoms. The van der Waals surface area contributed by atoms with Gasteiger partial charge in [-0.25, -0.2) is 4.79 Å². The van der Waals surface area contributed by atoms with E-state index >= 15 is 0 Å². The van der Waals surface area contributed by atoms with Gasteiger partial charge in [-0.15, -0.1) is 0 Å². The third-order valence-corrected chi connectivity index (χ3v) is 3.04. The zero-order chi connectivity index (χ0) is 11.3. The van der Waals surface area contributed by atoms with Gasteiger partial charge >= 0.3 is 5.97 Å². The third-order valence-electron chi connectivity index (χ3n) is 3.04. The molecule has 0 aliphatic heterocycles. The predicted octanol–water partition coefficient (Wildman–Crippen LogP) is 2.05. The molecule has 0 saturated heterocycles. The van der Waals surface area contributed by atoms with Crippen LogP contribution >= 0.6 is 0 Å². The normalized spacial score (nSPS) is 26.0. The van der Waals surface area contributed by atoms with Crippen molar-refractivity contribution >= 4 is 5.97 Å². The Bertz CT molecular complexity index is 227. The standard InChI is InChI=1S/C12H20O3/c1-3-9(2)12(14)15-11-6-4-10(8-13)5-7-11/h10-11,13H,2-8H2,1H3. The quantitative estimate of drug-likeness (QED) is 0.573. The molecular formula is C12H20O3. The molecule has 0 aromatic heterocycles. The summed E-state index contributed by atoms with van der Waals surface area (Å²) in [5, 5.41) is 8.96. The van der Waals surface area contributed by atoms with Crippen LogP contribution in [-0.2, 0) is 9.53 Å². The van der Waals surface area contributed by atoms with Gasteiger partial charge in [0.1, 0.15) is 6.10 Å². The first-order valence-electron chi connectivity index (χ1n) is 5.67. The molecule has 0 aromatic rings. The minimum Gasteiger partial charge on any atom is -0.459 e. The Hall–Kier alpha value is -0.830. The van der Waals surface area contributed by atoms with Crippen LogP contribution in [0.2, 0.25) is 0 Å². The highest BCUT2D eigenvalue weighted by Crippen LogP contribution is 2.26. The number of hydrogen-bond acceptors (Lipinski definition) is 3. The number of aliphatic hydroxyl groups excluding tert-OH is 1. The Morgan fingerprint density at radius 3 is 2.47 bits per heavy atom. The Morgan fingerprint density at radius 2 is 2.00 bits per heavy atom. The SMILES string of the molecule is C=C(CC)C(=O)OC1CCC(CO)CC1. The number of hydrogen-bond donors (Lipinski definition) is 1. The lowest BCUT2D eigenvalue weighted by atomic mass is 9.88. The summed E-state index contributed by atoms with van der Waals surface area (Å²) in [6.45, 7) is 5.80. The molecule has 1 aliphatic carbocycles. The van der Waals surface area contributed by atoms with Crippen LogP contribution in [0, 0.1) is 5.92 Å². The average molecular weight is 212 g/mol. The molecular weight excluding hydrogens is 192 g/mol. The Kier molecular flexibility index (Phi) is 4.82. The zero-order valence-corrected chi connectivity index (χ0v) is 9.37. The van der Waals surface area contributed by atoms with Crippen LogP contribution in [0.4, 0.5) is 0 Å². The largest absolute Gasteiger partial charge is 0.459 e. The summed E-state index contributed by atoms with van der Waals surface area (Å²) in [7, 11) is 0. The van der Waals surface area contributed by atoms with Crippen LogP contribution in [0.15, 0.2) is 12.2 Å². The first kappa shape index (κ1) is 12.2. The van der Waals surface area contributed by atoms with Crippen molar-refractivity contribution in [2.75, 3.05) is 6.61 Å². The van der Waals surface area contributed by atoms with Crippen molar-refractivity contribution < 1.29 is 14.6 Å². The molecule has 3 heteroatoms. The summed E-state index contributed by atoms with van der Waals surface area (Å²) < 4.78 is 5.32. The van der Waals surface area contributed by atoms with Crippen molar-refractivity contribution in [1.82, 2.24) is 0 Å². The molecule has 15 heavy (non-hydrogen) atoms. The first-order chi connectivity index (χ1) is 7.17. The van der Waals surface area contributed by atoms with Gasteiger partial charge < -0.3 is 9.84 Å². The summed E-state index contributed by atoms with van der Waals surface area (Å²) in [5.41, 5.74) is 0.541. The number of carbonyl (C=O) groups excluding carboxylic acids is 1. The minimum atomic E-state index is -0.259. The smallest absolute Gasteiger partial charge is 0.333 e. The molecule has 86 valence electrons. The average Bonchev–Trinajstić information content (AvgIpc) is 2.29. The lowest BCUT2D eigenvalue weighted by molar-refractivity contribution is -0.146. The van der Waals surface area contributed by atoms with E-state index in [0.29, 0.717) is 17.9 Å². The van der Waals surface area contributed by atoms with Gasteiger partial charge in [0.15, 0.2) is 0 Å². The number of aliphatic hydroxyl groups is 1. The molecule has 0 atom stereocenters. The van der Waals surface area contributed by atoms with E-state index < -0.39 is 0 Å². The van der Waals surface area contributed by atoms with Crippen LogP contribution in [0.5, 0.6) is 0 Å². The predicted molar refractivity (Wildman–Crippen MR) is 58.4 cm³/mol. The summed E-state index contributed by atoms with van der Waals surface area (Å²) in [6, 6.07) is 0. The summed E-state index contributed by atoms with van der Waals surface area (Å²) >= 11 is 0. The monoisotopic (exact) mass is 212 g/mol. The molecule has 0 heterocycles. The third kappa shape index (κ3) is 3.67. The van der Waals surface area contributed by atoms with Gasteiger partial charge in [-0.2, -0.15) is 0 Å². The molecule has 0 radical (unpaired) electrons. The Labute approximate surface area is 91.1 Å². The van der Waals surface area contributed by atoms with Crippen molar-refractivity contribution in [1.29, 1.82) is 0 Å². The van der Waals surface area contributed by atoms with Crippen molar-refractivity contribution in [2.45, 2.75) is 45.1 Å². The topological polar surface area (TPSA) is 46.5 Å². The van der Waals surface area contributed by atoms with E-state index in [-0.39, 0.29) is 18.7 Å². The second kappa shape index (κ2) is 5.91. The van der Waals surface area contributed by atoms with Crippen molar-refractivity contribution in [3.8, 4) is 0 Å². The molecule has 0 aromatic carbocycles. The maximum Gasteiger partial charge on any atom is 0.333 e. The fraction of sp³-hybridized carbons (Fsp3) is 0.750. The van der Waals surface area contributed by atoms with Crippen molar-refractivity contribution in [3.63, 3.8) is 0 Å². The minimum absolute atomic E-state index is 0.0311. The number of rotatable bonds is 4. The van der Waals surface area contributed by atoms with Gasteiger partial charge in [0, 0.05) is 12.2 Å². The molecule has 3 nitrogen and oxygen atoms in total. The number of ether oxygens (including phenoxy) is 1. The van der Waals surface area contributed by atoms with E-state index in [1.54, 1.807) is 0 Å². The Balaban J connectivity index is 2.29. The second-order valence-electron chi connectivity index (χ2n) is 4.19. The van der Waals surface area contributed by atoms with E-state index in [1.807, 2.05) is 6.92 Å². The molecule has 0 unspecified atom stereocenters. The molecule has 0 spiro atoms. The maximum absolute atomic E-state index is 11.4. The van der Waals surface area contributed by atoms with E-state index in [1.165, 1.54) is 0 Å². The van der Waals surface area contributed by atoms with E-state index in [0.717, 1.165) is 25.7 Å². The fourth-order valence-corrected chi connectivity index (χ4v) is 1.81. The number of esters is 1. The van der Waals surface area contributed by atoms with E-state index in [9.17, 15) is 4.79 Å². The van der Waals surface area contributed by atoms with Crippen LogP contribution in [0.3, 0.4) is 0 Å². The highest BCUT2D eigenvalue weighted by molar-refractivity contribution is 5.87. The van der Waals surface area contributed by atoms with Crippen molar-refractivity contribution in [3.05, 3.63) is 12.2 Å². The van der Waals surface area contributed by atoms with Crippen LogP contribution in [-0.4, -0.2) is 23.8 Å². The highest BCUT2D eigenvalue weighted by Gasteiger charge is 2.23. The van der Waals surface area contributed by atoms with Gasteiger partial charge in [0.05, 0.1) is 0 Å². The van der Waals surface area contributed by atoms with E-state index in [2.05, 4.69) is 6.58 Å². The summed E-state index contributed by atoms with van der Waals surface area (Å²) in [6.07, 6.45) is 4.32. The lowest BCUT2D eigenvalue weighted by Gasteiger charge is -2.27. The molecule has 1 saturated carbocycles. The number of carbonyl (C=O) groups is 1. The maximum atomic E-state index is 11.4. The second-order valence-corrected chi connectivity index (χ2v) is 4.19. The van der Waals surface area contributed by atoms with Crippen molar-refractivity contribution in [2.24, 2.45) is 5.92 Å². The molecule has 1 N–H and O–H groups in total. The molecule has 1 fully saturated rings. The van der Waals surface area contributed by atoms with Gasteiger partial charge in [-0.05, 0) is 38.0 Å². The lowest BCUT2D eigenvalue weighted by Crippen LogP contribution is -2.26.